The zero-order valence-electron chi connectivity index (χ0n) is 9.37. The number of hydrogen-bond acceptors (Lipinski definition) is 3. The van der Waals surface area contributed by atoms with Gasteiger partial charge in [-0.3, -0.25) is 4.79 Å². The second-order valence-electron chi connectivity index (χ2n) is 4.59. The van der Waals surface area contributed by atoms with Crippen LogP contribution in [0.15, 0.2) is 0 Å². The molecule has 4 nitrogen and oxygen atoms in total. The molecule has 2 rings (SSSR count). The summed E-state index contributed by atoms with van der Waals surface area (Å²) in [6.07, 6.45) is 3.86. The van der Waals surface area contributed by atoms with Crippen molar-refractivity contribution in [1.82, 2.24) is 10.2 Å². The Hall–Kier alpha value is -0.610. The molecule has 0 aromatic heterocycles. The van der Waals surface area contributed by atoms with Gasteiger partial charge in [-0.25, -0.2) is 0 Å². The topological polar surface area (TPSA) is 41.6 Å². The molecule has 0 aliphatic carbocycles. The SMILES string of the molecule is CN1CCC(NC(=O)C2CCCO2)CC1. The Morgan fingerprint density at radius 1 is 1.33 bits per heavy atom. The Morgan fingerprint density at radius 3 is 2.67 bits per heavy atom. The number of rotatable bonds is 2. The molecule has 0 spiro atoms. The Kier molecular flexibility index (Phi) is 3.59. The number of carbonyl (C=O) groups is 1. The van der Waals surface area contributed by atoms with E-state index in [4.69, 9.17) is 4.74 Å². The van der Waals surface area contributed by atoms with Crippen LogP contribution in [-0.4, -0.2) is 49.7 Å². The van der Waals surface area contributed by atoms with Crippen LogP contribution in [0.25, 0.3) is 0 Å². The molecule has 86 valence electrons. The molecule has 0 radical (unpaired) electrons. The van der Waals surface area contributed by atoms with Crippen molar-refractivity contribution in [2.24, 2.45) is 0 Å². The van der Waals surface area contributed by atoms with Gasteiger partial charge in [0.2, 0.25) is 5.91 Å². The molecule has 2 saturated heterocycles. The fourth-order valence-corrected chi connectivity index (χ4v) is 2.23. The largest absolute Gasteiger partial charge is 0.368 e. The highest BCUT2D eigenvalue weighted by molar-refractivity contribution is 5.81. The molecule has 1 amide bonds. The average Bonchev–Trinajstić information content (AvgIpc) is 2.74. The normalized spacial score (nSPS) is 29.3. The summed E-state index contributed by atoms with van der Waals surface area (Å²) in [4.78, 5) is 14.0. The second kappa shape index (κ2) is 4.94. The van der Waals surface area contributed by atoms with Crippen molar-refractivity contribution in [2.75, 3.05) is 26.7 Å². The first-order valence-electron chi connectivity index (χ1n) is 5.86. The number of ether oxygens (including phenoxy) is 1. The Bertz CT molecular complexity index is 219. The van der Waals surface area contributed by atoms with Crippen LogP contribution in [0.3, 0.4) is 0 Å². The molecule has 0 aromatic carbocycles. The van der Waals surface area contributed by atoms with Crippen LogP contribution in [0.2, 0.25) is 0 Å². The maximum Gasteiger partial charge on any atom is 0.249 e. The number of carbonyl (C=O) groups excluding carboxylic acids is 1. The lowest BCUT2D eigenvalue weighted by molar-refractivity contribution is -0.131. The lowest BCUT2D eigenvalue weighted by atomic mass is 10.1. The zero-order chi connectivity index (χ0) is 10.7. The predicted molar refractivity (Wildman–Crippen MR) is 57.6 cm³/mol. The molecule has 15 heavy (non-hydrogen) atoms. The van der Waals surface area contributed by atoms with Gasteiger partial charge in [0.05, 0.1) is 0 Å². The number of nitrogens with zero attached hydrogens (tertiary/aromatic N) is 1. The summed E-state index contributed by atoms with van der Waals surface area (Å²) < 4.78 is 5.35. The van der Waals surface area contributed by atoms with Gasteiger partial charge in [0.1, 0.15) is 6.10 Å². The fraction of sp³-hybridized carbons (Fsp3) is 0.909. The number of amides is 1. The van der Waals surface area contributed by atoms with E-state index in [9.17, 15) is 4.79 Å². The summed E-state index contributed by atoms with van der Waals surface area (Å²) in [5.74, 6) is 0.0991. The minimum absolute atomic E-state index is 0.0991. The minimum atomic E-state index is -0.176. The van der Waals surface area contributed by atoms with Crippen molar-refractivity contribution in [3.05, 3.63) is 0 Å². The summed E-state index contributed by atoms with van der Waals surface area (Å²) in [5.41, 5.74) is 0. The maximum atomic E-state index is 11.7. The third-order valence-corrected chi connectivity index (χ3v) is 3.29. The van der Waals surface area contributed by atoms with E-state index in [1.54, 1.807) is 0 Å². The number of likely N-dealkylation sites (tertiary alicyclic amines) is 1. The van der Waals surface area contributed by atoms with Gasteiger partial charge < -0.3 is 15.0 Å². The van der Waals surface area contributed by atoms with E-state index in [1.165, 1.54) is 0 Å². The third-order valence-electron chi connectivity index (χ3n) is 3.29. The van der Waals surface area contributed by atoms with Gasteiger partial charge in [0.15, 0.2) is 0 Å². The van der Waals surface area contributed by atoms with Crippen molar-refractivity contribution in [1.29, 1.82) is 0 Å². The highest BCUT2D eigenvalue weighted by atomic mass is 16.5. The van der Waals surface area contributed by atoms with Crippen LogP contribution in [-0.2, 0) is 9.53 Å². The van der Waals surface area contributed by atoms with E-state index in [2.05, 4.69) is 17.3 Å². The van der Waals surface area contributed by atoms with Gasteiger partial charge in [0, 0.05) is 12.6 Å². The smallest absolute Gasteiger partial charge is 0.249 e. The van der Waals surface area contributed by atoms with Gasteiger partial charge >= 0.3 is 0 Å². The van der Waals surface area contributed by atoms with E-state index in [0.717, 1.165) is 45.4 Å². The second-order valence-corrected chi connectivity index (χ2v) is 4.59. The third kappa shape index (κ3) is 2.92. The standard InChI is InChI=1S/C11H20N2O2/c1-13-6-4-9(5-7-13)12-11(14)10-3-2-8-15-10/h9-10H,2-8H2,1H3,(H,12,14). The summed E-state index contributed by atoms with van der Waals surface area (Å²) in [5, 5.41) is 3.09. The Balaban J connectivity index is 1.74. The first-order chi connectivity index (χ1) is 7.25. The number of hydrogen-bond donors (Lipinski definition) is 1. The molecule has 4 heteroatoms. The van der Waals surface area contributed by atoms with Crippen LogP contribution in [0, 0.1) is 0 Å². The van der Waals surface area contributed by atoms with Crippen molar-refractivity contribution in [3.63, 3.8) is 0 Å². The lowest BCUT2D eigenvalue weighted by Gasteiger charge is -2.30. The van der Waals surface area contributed by atoms with E-state index < -0.39 is 0 Å². The quantitative estimate of drug-likeness (QED) is 0.719. The van der Waals surface area contributed by atoms with E-state index in [0.29, 0.717) is 6.04 Å². The van der Waals surface area contributed by atoms with Crippen molar-refractivity contribution < 1.29 is 9.53 Å². The minimum Gasteiger partial charge on any atom is -0.368 e. The molecule has 2 fully saturated rings. The molecular weight excluding hydrogens is 192 g/mol. The number of piperidine rings is 1. The van der Waals surface area contributed by atoms with Crippen LogP contribution < -0.4 is 5.32 Å². The van der Waals surface area contributed by atoms with Crippen LogP contribution in [0.4, 0.5) is 0 Å². The molecular formula is C11H20N2O2. The fourth-order valence-electron chi connectivity index (χ4n) is 2.23. The first-order valence-corrected chi connectivity index (χ1v) is 5.86. The first kappa shape index (κ1) is 10.9. The molecule has 2 heterocycles. The van der Waals surface area contributed by atoms with Crippen molar-refractivity contribution in [3.8, 4) is 0 Å². The molecule has 0 aromatic rings. The van der Waals surface area contributed by atoms with Gasteiger partial charge in [-0.2, -0.15) is 0 Å². The zero-order valence-corrected chi connectivity index (χ0v) is 9.37. The van der Waals surface area contributed by atoms with Crippen molar-refractivity contribution >= 4 is 5.91 Å². The molecule has 1 unspecified atom stereocenters. The Morgan fingerprint density at radius 2 is 2.07 bits per heavy atom. The maximum absolute atomic E-state index is 11.7. The molecule has 2 aliphatic heterocycles. The van der Waals surface area contributed by atoms with Gasteiger partial charge in [-0.15, -0.1) is 0 Å². The van der Waals surface area contributed by atoms with E-state index >= 15 is 0 Å². The highest BCUT2D eigenvalue weighted by Gasteiger charge is 2.26. The lowest BCUT2D eigenvalue weighted by Crippen LogP contribution is -2.46. The monoisotopic (exact) mass is 212 g/mol. The molecule has 1 N–H and O–H groups in total. The van der Waals surface area contributed by atoms with Gasteiger partial charge in [-0.1, -0.05) is 0 Å². The van der Waals surface area contributed by atoms with Gasteiger partial charge in [-0.05, 0) is 45.8 Å². The van der Waals surface area contributed by atoms with Crippen LogP contribution in [0.1, 0.15) is 25.7 Å². The average molecular weight is 212 g/mol. The summed E-state index contributed by atoms with van der Waals surface area (Å²) in [6, 6.07) is 0.359. The number of nitrogens with one attached hydrogen (secondary N) is 1. The predicted octanol–water partition coefficient (Wildman–Crippen LogP) is 0.376. The van der Waals surface area contributed by atoms with E-state index in [1.807, 2.05) is 0 Å². The van der Waals surface area contributed by atoms with Crippen molar-refractivity contribution in [2.45, 2.75) is 37.8 Å². The van der Waals surface area contributed by atoms with E-state index in [-0.39, 0.29) is 12.0 Å². The molecule has 0 saturated carbocycles. The molecule has 2 aliphatic rings. The summed E-state index contributed by atoms with van der Waals surface area (Å²) in [6.45, 7) is 2.90. The highest BCUT2D eigenvalue weighted by Crippen LogP contribution is 2.14. The summed E-state index contributed by atoms with van der Waals surface area (Å²) in [7, 11) is 2.12. The van der Waals surface area contributed by atoms with Crippen LogP contribution >= 0.6 is 0 Å². The molecule has 1 atom stereocenters. The Labute approximate surface area is 91.0 Å². The van der Waals surface area contributed by atoms with Gasteiger partial charge in [0.25, 0.3) is 0 Å². The summed E-state index contributed by atoms with van der Waals surface area (Å²) >= 11 is 0. The molecule has 0 bridgehead atoms. The van der Waals surface area contributed by atoms with Crippen LogP contribution in [0.5, 0.6) is 0 Å².